The van der Waals surface area contributed by atoms with Gasteiger partial charge in [-0.2, -0.15) is 0 Å². The molecule has 1 unspecified atom stereocenters. The van der Waals surface area contributed by atoms with Gasteiger partial charge in [0, 0.05) is 31.5 Å². The second-order valence-electron chi connectivity index (χ2n) is 4.48. The van der Waals surface area contributed by atoms with Crippen molar-refractivity contribution in [3.8, 4) is 5.75 Å². The molecule has 102 valence electrons. The average Bonchev–Trinajstić information content (AvgIpc) is 2.36. The van der Waals surface area contributed by atoms with Crippen molar-refractivity contribution in [1.82, 2.24) is 0 Å². The Bertz CT molecular complexity index is 379. The highest BCUT2D eigenvalue weighted by atomic mass is 16.5. The number of likely N-dealkylation sites (N-methyl/N-ethyl adjacent to an activating group) is 1. The molecule has 1 N–H and O–H groups in total. The standard InChI is InChI=1S/C14H23NO3/c1-10(9-17-4)15(3)12-7-6-8-13(18-5)14(12)11(2)16/h6-8,10-11,16H,9H2,1-5H3/t10?,11-/m0/s1. The summed E-state index contributed by atoms with van der Waals surface area (Å²) < 4.78 is 10.5. The van der Waals surface area contributed by atoms with Crippen LogP contribution in [0, 0.1) is 0 Å². The molecule has 0 aromatic heterocycles. The van der Waals surface area contributed by atoms with E-state index in [0.717, 1.165) is 11.3 Å². The highest BCUT2D eigenvalue weighted by Gasteiger charge is 2.19. The van der Waals surface area contributed by atoms with E-state index < -0.39 is 6.10 Å². The molecular formula is C14H23NO3. The Balaban J connectivity index is 3.14. The Morgan fingerprint density at radius 3 is 2.44 bits per heavy atom. The molecule has 0 fully saturated rings. The molecule has 4 heteroatoms. The van der Waals surface area contributed by atoms with Crippen molar-refractivity contribution >= 4 is 5.69 Å². The van der Waals surface area contributed by atoms with Crippen LogP contribution >= 0.6 is 0 Å². The lowest BCUT2D eigenvalue weighted by molar-refractivity contribution is 0.181. The molecule has 18 heavy (non-hydrogen) atoms. The highest BCUT2D eigenvalue weighted by molar-refractivity contribution is 5.60. The lowest BCUT2D eigenvalue weighted by Gasteiger charge is -2.30. The first-order chi connectivity index (χ1) is 8.52. The number of methoxy groups -OCH3 is 2. The number of aliphatic hydroxyl groups is 1. The fourth-order valence-electron chi connectivity index (χ4n) is 2.03. The summed E-state index contributed by atoms with van der Waals surface area (Å²) in [6.45, 7) is 4.46. The van der Waals surface area contributed by atoms with Crippen molar-refractivity contribution < 1.29 is 14.6 Å². The maximum absolute atomic E-state index is 9.94. The summed E-state index contributed by atoms with van der Waals surface area (Å²) in [5, 5.41) is 9.94. The molecule has 0 aliphatic heterocycles. The van der Waals surface area contributed by atoms with E-state index in [-0.39, 0.29) is 6.04 Å². The molecule has 0 spiro atoms. The third-order valence-electron chi connectivity index (χ3n) is 3.13. The van der Waals surface area contributed by atoms with Gasteiger partial charge in [0.15, 0.2) is 0 Å². The first-order valence-electron chi connectivity index (χ1n) is 6.09. The summed E-state index contributed by atoms with van der Waals surface area (Å²) in [6, 6.07) is 5.99. The maximum atomic E-state index is 9.94. The van der Waals surface area contributed by atoms with Crippen LogP contribution in [0.4, 0.5) is 5.69 Å². The van der Waals surface area contributed by atoms with Gasteiger partial charge in [0.05, 0.1) is 19.8 Å². The molecule has 0 radical (unpaired) electrons. The molecule has 0 bridgehead atoms. The van der Waals surface area contributed by atoms with Crippen LogP contribution in [0.5, 0.6) is 5.75 Å². The number of aliphatic hydroxyl groups excluding tert-OH is 1. The van der Waals surface area contributed by atoms with Crippen molar-refractivity contribution in [3.05, 3.63) is 23.8 Å². The molecule has 1 rings (SSSR count). The first-order valence-corrected chi connectivity index (χ1v) is 6.09. The van der Waals surface area contributed by atoms with Crippen molar-refractivity contribution in [2.75, 3.05) is 32.8 Å². The number of hydrogen-bond acceptors (Lipinski definition) is 4. The second kappa shape index (κ2) is 6.61. The zero-order valence-corrected chi connectivity index (χ0v) is 11.8. The van der Waals surface area contributed by atoms with E-state index in [9.17, 15) is 5.11 Å². The van der Waals surface area contributed by atoms with Crippen LogP contribution in [0.3, 0.4) is 0 Å². The van der Waals surface area contributed by atoms with E-state index in [4.69, 9.17) is 9.47 Å². The highest BCUT2D eigenvalue weighted by Crippen LogP contribution is 2.34. The van der Waals surface area contributed by atoms with Gasteiger partial charge >= 0.3 is 0 Å². The van der Waals surface area contributed by atoms with E-state index in [1.807, 2.05) is 25.2 Å². The second-order valence-corrected chi connectivity index (χ2v) is 4.48. The molecule has 0 saturated heterocycles. The Labute approximate surface area is 109 Å². The molecular weight excluding hydrogens is 230 g/mol. The molecule has 0 aliphatic carbocycles. The summed E-state index contributed by atoms with van der Waals surface area (Å²) >= 11 is 0. The van der Waals surface area contributed by atoms with Crippen molar-refractivity contribution in [3.63, 3.8) is 0 Å². The van der Waals surface area contributed by atoms with Gasteiger partial charge < -0.3 is 19.5 Å². The minimum absolute atomic E-state index is 0.222. The van der Waals surface area contributed by atoms with Crippen LogP contribution < -0.4 is 9.64 Å². The lowest BCUT2D eigenvalue weighted by Crippen LogP contribution is -2.33. The summed E-state index contributed by atoms with van der Waals surface area (Å²) in [4.78, 5) is 2.09. The molecule has 1 aromatic carbocycles. The Morgan fingerprint density at radius 1 is 1.28 bits per heavy atom. The number of rotatable bonds is 6. The number of benzene rings is 1. The fraction of sp³-hybridized carbons (Fsp3) is 0.571. The van der Waals surface area contributed by atoms with Gasteiger partial charge in [0.25, 0.3) is 0 Å². The first kappa shape index (κ1) is 14.8. The normalized spacial score (nSPS) is 14.1. The molecule has 0 heterocycles. The van der Waals surface area contributed by atoms with Crippen LogP contribution in [-0.4, -0.2) is 39.0 Å². The molecule has 0 aliphatic rings. The van der Waals surface area contributed by atoms with E-state index in [0.29, 0.717) is 12.4 Å². The zero-order chi connectivity index (χ0) is 13.7. The van der Waals surface area contributed by atoms with Gasteiger partial charge in [-0.1, -0.05) is 6.07 Å². The summed E-state index contributed by atoms with van der Waals surface area (Å²) in [7, 11) is 5.29. The number of nitrogens with zero attached hydrogens (tertiary/aromatic N) is 1. The predicted octanol–water partition coefficient (Wildman–Crippen LogP) is 2.22. The summed E-state index contributed by atoms with van der Waals surface area (Å²) in [5.74, 6) is 0.707. The van der Waals surface area contributed by atoms with Gasteiger partial charge in [-0.3, -0.25) is 0 Å². The van der Waals surface area contributed by atoms with Crippen molar-refractivity contribution in [1.29, 1.82) is 0 Å². The topological polar surface area (TPSA) is 41.9 Å². The molecule has 1 aromatic rings. The minimum Gasteiger partial charge on any atom is -0.496 e. The van der Waals surface area contributed by atoms with Gasteiger partial charge in [0.2, 0.25) is 0 Å². The smallest absolute Gasteiger partial charge is 0.126 e. The Morgan fingerprint density at radius 2 is 1.94 bits per heavy atom. The molecule has 0 saturated carbocycles. The van der Waals surface area contributed by atoms with Gasteiger partial charge in [-0.05, 0) is 26.0 Å². The lowest BCUT2D eigenvalue weighted by atomic mass is 10.0. The summed E-state index contributed by atoms with van der Waals surface area (Å²) in [5.41, 5.74) is 1.78. The van der Waals surface area contributed by atoms with E-state index >= 15 is 0 Å². The van der Waals surface area contributed by atoms with Gasteiger partial charge in [0.1, 0.15) is 5.75 Å². The number of anilines is 1. The van der Waals surface area contributed by atoms with Crippen LogP contribution in [-0.2, 0) is 4.74 Å². The fourth-order valence-corrected chi connectivity index (χ4v) is 2.03. The zero-order valence-electron chi connectivity index (χ0n) is 11.8. The molecule has 4 nitrogen and oxygen atoms in total. The average molecular weight is 253 g/mol. The maximum Gasteiger partial charge on any atom is 0.126 e. The quantitative estimate of drug-likeness (QED) is 0.844. The van der Waals surface area contributed by atoms with Crippen LogP contribution in [0.25, 0.3) is 0 Å². The van der Waals surface area contributed by atoms with Gasteiger partial charge in [-0.15, -0.1) is 0 Å². The largest absolute Gasteiger partial charge is 0.496 e. The van der Waals surface area contributed by atoms with E-state index in [1.165, 1.54) is 0 Å². The van der Waals surface area contributed by atoms with Crippen LogP contribution in [0.1, 0.15) is 25.5 Å². The van der Waals surface area contributed by atoms with Gasteiger partial charge in [-0.25, -0.2) is 0 Å². The van der Waals surface area contributed by atoms with E-state index in [2.05, 4.69) is 11.8 Å². The van der Waals surface area contributed by atoms with Crippen molar-refractivity contribution in [2.45, 2.75) is 26.0 Å². The SMILES string of the molecule is COCC(C)N(C)c1cccc(OC)c1[C@H](C)O. The number of ether oxygens (including phenoxy) is 2. The Kier molecular flexibility index (Phi) is 5.44. The molecule has 0 amide bonds. The third kappa shape index (κ3) is 3.15. The predicted molar refractivity (Wildman–Crippen MR) is 73.4 cm³/mol. The van der Waals surface area contributed by atoms with Crippen LogP contribution in [0.2, 0.25) is 0 Å². The monoisotopic (exact) mass is 253 g/mol. The van der Waals surface area contributed by atoms with Crippen LogP contribution in [0.15, 0.2) is 18.2 Å². The number of hydrogen-bond donors (Lipinski definition) is 1. The summed E-state index contributed by atoms with van der Waals surface area (Å²) in [6.07, 6.45) is -0.576. The Hall–Kier alpha value is -1.26. The van der Waals surface area contributed by atoms with Crippen molar-refractivity contribution in [2.24, 2.45) is 0 Å². The third-order valence-corrected chi connectivity index (χ3v) is 3.13. The minimum atomic E-state index is -0.576. The molecule has 2 atom stereocenters. The van der Waals surface area contributed by atoms with E-state index in [1.54, 1.807) is 21.1 Å².